The van der Waals surface area contributed by atoms with Crippen molar-refractivity contribution in [3.8, 4) is 0 Å². The van der Waals surface area contributed by atoms with E-state index in [4.69, 9.17) is 0 Å². The zero-order chi connectivity index (χ0) is 12.5. The van der Waals surface area contributed by atoms with Gasteiger partial charge in [0.25, 0.3) is 5.91 Å². The van der Waals surface area contributed by atoms with Crippen LogP contribution in [0.5, 0.6) is 0 Å². The maximum atomic E-state index is 12.0. The molecule has 0 aliphatic carbocycles. The smallest absolute Gasteiger partial charge is 0.257 e. The van der Waals surface area contributed by atoms with Gasteiger partial charge in [-0.15, -0.1) is 0 Å². The maximum Gasteiger partial charge on any atom is 0.257 e. The second-order valence-electron chi connectivity index (χ2n) is 3.89. The Morgan fingerprint density at radius 2 is 1.83 bits per heavy atom. The Labute approximate surface area is 103 Å². The topological polar surface area (TPSA) is 70.2 Å². The first-order chi connectivity index (χ1) is 8.78. The minimum atomic E-state index is -0.187. The highest BCUT2D eigenvalue weighted by molar-refractivity contribution is 6.02. The first-order valence-corrected chi connectivity index (χ1v) is 5.40. The highest BCUT2D eigenvalue weighted by Crippen LogP contribution is 2.22. The van der Waals surface area contributed by atoms with Crippen LogP contribution >= 0.6 is 0 Å². The van der Waals surface area contributed by atoms with Gasteiger partial charge in [-0.25, -0.2) is 4.79 Å². The summed E-state index contributed by atoms with van der Waals surface area (Å²) in [5, 5.41) is 8.72. The van der Waals surface area contributed by atoms with Crippen LogP contribution in [0.3, 0.4) is 0 Å². The molecule has 0 bridgehead atoms. The second kappa shape index (κ2) is 3.91. The Morgan fingerprint density at radius 1 is 1.00 bits per heavy atom. The van der Waals surface area contributed by atoms with Crippen molar-refractivity contribution in [3.63, 3.8) is 0 Å². The summed E-state index contributed by atoms with van der Waals surface area (Å²) >= 11 is 0. The highest BCUT2D eigenvalue weighted by Gasteiger charge is 2.21. The number of fused-ring (bicyclic) bond motifs is 1. The first kappa shape index (κ1) is 10.4. The van der Waals surface area contributed by atoms with Crippen LogP contribution in [0.2, 0.25) is 0 Å². The Morgan fingerprint density at radius 3 is 2.67 bits per heavy atom. The zero-order valence-electron chi connectivity index (χ0n) is 9.28. The van der Waals surface area contributed by atoms with Gasteiger partial charge in [0.05, 0.1) is 16.9 Å². The number of dihydropyridines is 1. The number of carbonyl (C=O) groups excluding carboxylic acids is 2. The normalized spacial score (nSPS) is 16.7. The van der Waals surface area contributed by atoms with E-state index in [0.717, 1.165) is 0 Å². The predicted molar refractivity (Wildman–Crippen MR) is 66.0 cm³/mol. The largest absolute Gasteiger partial charge is 0.339 e. The fourth-order valence-corrected chi connectivity index (χ4v) is 1.87. The van der Waals surface area contributed by atoms with Crippen molar-refractivity contribution in [1.82, 2.24) is 10.6 Å². The van der Waals surface area contributed by atoms with E-state index in [-0.39, 0.29) is 5.91 Å². The molecule has 2 aliphatic heterocycles. The molecule has 5 heteroatoms. The third-order valence-electron chi connectivity index (χ3n) is 2.74. The van der Waals surface area contributed by atoms with E-state index in [9.17, 15) is 9.59 Å². The molecule has 18 heavy (non-hydrogen) atoms. The minimum Gasteiger partial charge on any atom is -0.339 e. The lowest BCUT2D eigenvalue weighted by molar-refractivity contribution is 0.0968. The van der Waals surface area contributed by atoms with E-state index in [1.807, 2.05) is 6.07 Å². The molecular formula is C13H9N3O2. The molecule has 1 aromatic carbocycles. The molecule has 0 atom stereocenters. The van der Waals surface area contributed by atoms with E-state index >= 15 is 0 Å². The quantitative estimate of drug-likeness (QED) is 0.588. The van der Waals surface area contributed by atoms with Gasteiger partial charge in [0, 0.05) is 0 Å². The molecule has 0 unspecified atom stereocenters. The third kappa shape index (κ3) is 1.59. The summed E-state index contributed by atoms with van der Waals surface area (Å²) in [5.41, 5.74) is 2.15. The molecule has 0 spiro atoms. The average molecular weight is 239 g/mol. The number of carbonyl (C=O) groups is 1. The van der Waals surface area contributed by atoms with Gasteiger partial charge in [-0.2, -0.15) is 0 Å². The maximum absolute atomic E-state index is 12.0. The van der Waals surface area contributed by atoms with E-state index in [1.165, 1.54) is 0 Å². The van der Waals surface area contributed by atoms with Crippen molar-refractivity contribution in [1.29, 1.82) is 0 Å². The fourth-order valence-electron chi connectivity index (χ4n) is 1.87. The van der Waals surface area contributed by atoms with Crippen molar-refractivity contribution >= 4 is 17.5 Å². The molecule has 0 saturated carbocycles. The van der Waals surface area contributed by atoms with E-state index < -0.39 is 0 Å². The second-order valence-corrected chi connectivity index (χ2v) is 3.89. The van der Waals surface area contributed by atoms with Crippen LogP contribution in [0.15, 0.2) is 53.6 Å². The molecule has 3 rings (SSSR count). The van der Waals surface area contributed by atoms with Crippen LogP contribution in [-0.2, 0) is 4.79 Å². The van der Waals surface area contributed by atoms with Crippen LogP contribution < -0.4 is 16.0 Å². The lowest BCUT2D eigenvalue weighted by atomic mass is 10.1. The van der Waals surface area contributed by atoms with Gasteiger partial charge in [-0.3, -0.25) is 4.79 Å². The van der Waals surface area contributed by atoms with Gasteiger partial charge < -0.3 is 16.0 Å². The van der Waals surface area contributed by atoms with Crippen molar-refractivity contribution in [2.75, 3.05) is 5.32 Å². The number of anilines is 1. The van der Waals surface area contributed by atoms with Crippen LogP contribution in [0, 0.1) is 0 Å². The summed E-state index contributed by atoms with van der Waals surface area (Å²) in [6.07, 6.45) is 3.21. The number of hydrogen-bond acceptors (Lipinski definition) is 4. The lowest BCUT2D eigenvalue weighted by Gasteiger charge is -2.17. The molecule has 1 aromatic rings. The number of allylic oxidation sites excluding steroid dienone is 2. The molecule has 3 N–H and O–H groups in total. The molecule has 2 heterocycles. The number of amides is 1. The molecule has 0 saturated heterocycles. The monoisotopic (exact) mass is 239 g/mol. The third-order valence-corrected chi connectivity index (χ3v) is 2.74. The summed E-state index contributed by atoms with van der Waals surface area (Å²) < 4.78 is 0. The first-order valence-electron chi connectivity index (χ1n) is 5.40. The predicted octanol–water partition coefficient (Wildman–Crippen LogP) is 0.886. The molecule has 1 amide bonds. The molecule has 0 fully saturated rings. The molecule has 88 valence electrons. The van der Waals surface area contributed by atoms with Crippen molar-refractivity contribution in [2.24, 2.45) is 0 Å². The highest BCUT2D eigenvalue weighted by atomic mass is 16.1. The summed E-state index contributed by atoms with van der Waals surface area (Å²) in [7, 11) is 0. The van der Waals surface area contributed by atoms with Gasteiger partial charge in [0.15, 0.2) is 5.94 Å². The number of para-hydroxylation sites is 1. The summed E-state index contributed by atoms with van der Waals surface area (Å²) in [5.74, 6) is 2.15. The minimum absolute atomic E-state index is 0.187. The fraction of sp³-hybridized carbons (Fsp3) is 0. The number of hydrogen-bond donors (Lipinski definition) is 3. The van der Waals surface area contributed by atoms with Gasteiger partial charge in [-0.05, 0) is 24.3 Å². The molecule has 5 nitrogen and oxygen atoms in total. The lowest BCUT2D eigenvalue weighted by Crippen LogP contribution is -2.28. The average Bonchev–Trinajstić information content (AvgIpc) is 2.54. The summed E-state index contributed by atoms with van der Waals surface area (Å²) in [4.78, 5) is 22.6. The van der Waals surface area contributed by atoms with E-state index in [2.05, 4.69) is 16.0 Å². The molecule has 0 radical (unpaired) electrons. The van der Waals surface area contributed by atoms with Crippen molar-refractivity contribution in [2.45, 2.75) is 0 Å². The number of nitrogens with one attached hydrogen (secondary N) is 3. The molecular weight excluding hydrogens is 230 g/mol. The standard InChI is InChI=1S/C13H9N3O2/c17-7-8-5-6-11-12(14-8)15-10-4-2-1-3-9(10)13(18)16-11/h1-6,14-15H,(H,16,18). The van der Waals surface area contributed by atoms with E-state index in [0.29, 0.717) is 28.5 Å². The SMILES string of the molecule is O=C=C1C=CC2=C(N1)Nc1ccccc1C(=O)N2. The van der Waals surface area contributed by atoms with Gasteiger partial charge >= 0.3 is 0 Å². The summed E-state index contributed by atoms with van der Waals surface area (Å²) in [6, 6.07) is 7.16. The molecule has 0 aromatic heterocycles. The van der Waals surface area contributed by atoms with Crippen molar-refractivity contribution < 1.29 is 9.59 Å². The zero-order valence-corrected chi connectivity index (χ0v) is 9.28. The Bertz CT molecular complexity index is 652. The molecule has 2 aliphatic rings. The van der Waals surface area contributed by atoms with Crippen LogP contribution in [0.1, 0.15) is 10.4 Å². The van der Waals surface area contributed by atoms with E-state index in [1.54, 1.807) is 36.3 Å². The number of rotatable bonds is 0. The van der Waals surface area contributed by atoms with Gasteiger partial charge in [-0.1, -0.05) is 12.1 Å². The number of benzene rings is 1. The van der Waals surface area contributed by atoms with Gasteiger partial charge in [0.1, 0.15) is 11.5 Å². The Hall–Kier alpha value is -2.78. The Kier molecular flexibility index (Phi) is 2.25. The Balaban J connectivity index is 2.08. The summed E-state index contributed by atoms with van der Waals surface area (Å²) in [6.45, 7) is 0. The van der Waals surface area contributed by atoms with Crippen LogP contribution in [-0.4, -0.2) is 11.8 Å². The van der Waals surface area contributed by atoms with Gasteiger partial charge in [0.2, 0.25) is 0 Å². The van der Waals surface area contributed by atoms with Crippen molar-refractivity contribution in [3.05, 3.63) is 59.2 Å². The van der Waals surface area contributed by atoms with Crippen LogP contribution in [0.4, 0.5) is 5.69 Å². The van der Waals surface area contributed by atoms with Crippen LogP contribution in [0.25, 0.3) is 0 Å².